The van der Waals surface area contributed by atoms with E-state index >= 15 is 0 Å². The first kappa shape index (κ1) is 11.2. The van der Waals surface area contributed by atoms with E-state index < -0.39 is 6.10 Å². The predicted molar refractivity (Wildman–Crippen MR) is 70.0 cm³/mol. The molecule has 2 aromatic rings. The molecule has 1 aromatic heterocycles. The summed E-state index contributed by atoms with van der Waals surface area (Å²) in [6.07, 6.45) is 4.99. The van der Waals surface area contributed by atoms with Crippen LogP contribution in [-0.2, 0) is 4.74 Å². The van der Waals surface area contributed by atoms with E-state index in [4.69, 9.17) is 4.74 Å². The molecule has 0 saturated carbocycles. The van der Waals surface area contributed by atoms with Crippen LogP contribution in [0, 0.1) is 0 Å². The smallest absolute Gasteiger partial charge is 0.136 e. The van der Waals surface area contributed by atoms with E-state index in [9.17, 15) is 5.11 Å². The molecule has 92 valence electrons. The average molecular weight is 241 g/mol. The van der Waals surface area contributed by atoms with Gasteiger partial charge in [0, 0.05) is 11.6 Å². The Morgan fingerprint density at radius 3 is 2.94 bits per heavy atom. The van der Waals surface area contributed by atoms with E-state index in [1.165, 1.54) is 0 Å². The predicted octanol–water partition coefficient (Wildman–Crippen LogP) is 2.96. The van der Waals surface area contributed by atoms with Gasteiger partial charge in [0.2, 0.25) is 0 Å². The molecule has 1 aliphatic heterocycles. The summed E-state index contributed by atoms with van der Waals surface area (Å²) >= 11 is 0. The molecule has 1 aliphatic rings. The number of pyridine rings is 1. The van der Waals surface area contributed by atoms with Crippen molar-refractivity contribution in [3.05, 3.63) is 53.9 Å². The number of nitrogens with zero attached hydrogens (tertiary/aromatic N) is 1. The highest BCUT2D eigenvalue weighted by molar-refractivity contribution is 5.82. The van der Waals surface area contributed by atoms with Crippen molar-refractivity contribution in [3.8, 4) is 0 Å². The molecular formula is C15H15NO2. The Kier molecular flexibility index (Phi) is 2.99. The fourth-order valence-corrected chi connectivity index (χ4v) is 2.28. The third-order valence-electron chi connectivity index (χ3n) is 3.21. The first-order valence-electron chi connectivity index (χ1n) is 6.21. The number of aliphatic hydroxyl groups excluding tert-OH is 1. The van der Waals surface area contributed by atoms with Gasteiger partial charge in [0.15, 0.2) is 0 Å². The summed E-state index contributed by atoms with van der Waals surface area (Å²) in [6.45, 7) is 0.686. The lowest BCUT2D eigenvalue weighted by Gasteiger charge is -2.20. The highest BCUT2D eigenvalue weighted by atomic mass is 16.5. The zero-order valence-electron chi connectivity index (χ0n) is 10.0. The molecule has 3 heteroatoms. The molecule has 1 aromatic carbocycles. The summed E-state index contributed by atoms with van der Waals surface area (Å²) < 4.78 is 5.53. The van der Waals surface area contributed by atoms with Gasteiger partial charge in [-0.1, -0.05) is 18.2 Å². The van der Waals surface area contributed by atoms with Gasteiger partial charge in [-0.25, -0.2) is 0 Å². The number of ether oxygens (including phenoxy) is 1. The largest absolute Gasteiger partial charge is 0.495 e. The molecule has 3 rings (SSSR count). The van der Waals surface area contributed by atoms with E-state index in [-0.39, 0.29) is 0 Å². The minimum atomic E-state index is -0.696. The lowest BCUT2D eigenvalue weighted by atomic mass is 10.0. The molecular weight excluding hydrogens is 226 g/mol. The fourth-order valence-electron chi connectivity index (χ4n) is 2.28. The molecule has 3 nitrogen and oxygen atoms in total. The average Bonchev–Trinajstić information content (AvgIpc) is 2.47. The molecule has 1 N–H and O–H groups in total. The van der Waals surface area contributed by atoms with Crippen LogP contribution in [0.3, 0.4) is 0 Å². The molecule has 0 fully saturated rings. The molecule has 0 saturated heterocycles. The van der Waals surface area contributed by atoms with Gasteiger partial charge in [-0.2, -0.15) is 0 Å². The summed E-state index contributed by atoms with van der Waals surface area (Å²) in [4.78, 5) is 4.30. The maximum Gasteiger partial charge on any atom is 0.136 e. The molecule has 0 amide bonds. The number of allylic oxidation sites excluding steroid dienone is 1. The number of hydrogen-bond acceptors (Lipinski definition) is 3. The Labute approximate surface area is 106 Å². The van der Waals surface area contributed by atoms with E-state index in [0.29, 0.717) is 12.4 Å². The fraction of sp³-hybridized carbons (Fsp3) is 0.267. The van der Waals surface area contributed by atoms with Gasteiger partial charge < -0.3 is 9.84 Å². The molecule has 0 radical (unpaired) electrons. The number of aromatic nitrogens is 1. The SMILES string of the molecule is OC(C1=CCCCO1)c1ccnc2ccccc12. The second-order valence-electron chi connectivity index (χ2n) is 4.42. The van der Waals surface area contributed by atoms with Crippen molar-refractivity contribution < 1.29 is 9.84 Å². The minimum Gasteiger partial charge on any atom is -0.495 e. The van der Waals surface area contributed by atoms with E-state index in [0.717, 1.165) is 29.3 Å². The monoisotopic (exact) mass is 241 g/mol. The topological polar surface area (TPSA) is 42.4 Å². The van der Waals surface area contributed by atoms with E-state index in [1.54, 1.807) is 6.20 Å². The number of benzene rings is 1. The van der Waals surface area contributed by atoms with Crippen LogP contribution >= 0.6 is 0 Å². The molecule has 2 heterocycles. The van der Waals surface area contributed by atoms with Crippen molar-refractivity contribution in [3.63, 3.8) is 0 Å². The zero-order valence-corrected chi connectivity index (χ0v) is 10.0. The highest BCUT2D eigenvalue weighted by Gasteiger charge is 2.19. The van der Waals surface area contributed by atoms with Gasteiger partial charge in [-0.15, -0.1) is 0 Å². The minimum absolute atomic E-state index is 0.664. The van der Waals surface area contributed by atoms with Crippen molar-refractivity contribution >= 4 is 10.9 Å². The number of fused-ring (bicyclic) bond motifs is 1. The summed E-state index contributed by atoms with van der Waals surface area (Å²) in [5, 5.41) is 11.4. The van der Waals surface area contributed by atoms with E-state index in [1.807, 2.05) is 36.4 Å². The van der Waals surface area contributed by atoms with Crippen LogP contribution in [0.2, 0.25) is 0 Å². The molecule has 1 atom stereocenters. The highest BCUT2D eigenvalue weighted by Crippen LogP contribution is 2.30. The Balaban J connectivity index is 2.05. The summed E-state index contributed by atoms with van der Waals surface area (Å²) in [6, 6.07) is 9.68. The van der Waals surface area contributed by atoms with Crippen molar-refractivity contribution in [2.24, 2.45) is 0 Å². The molecule has 0 aliphatic carbocycles. The van der Waals surface area contributed by atoms with Crippen molar-refractivity contribution in [2.75, 3.05) is 6.61 Å². The zero-order chi connectivity index (χ0) is 12.4. The summed E-state index contributed by atoms with van der Waals surface area (Å²) in [5.74, 6) is 0.664. The molecule has 0 spiro atoms. The Morgan fingerprint density at radius 2 is 2.11 bits per heavy atom. The van der Waals surface area contributed by atoms with Crippen LogP contribution < -0.4 is 0 Å². The first-order chi connectivity index (χ1) is 8.86. The van der Waals surface area contributed by atoms with E-state index in [2.05, 4.69) is 4.98 Å². The van der Waals surface area contributed by atoms with Crippen LogP contribution in [-0.4, -0.2) is 16.7 Å². The first-order valence-corrected chi connectivity index (χ1v) is 6.21. The third kappa shape index (κ3) is 1.97. The van der Waals surface area contributed by atoms with Crippen LogP contribution in [0.4, 0.5) is 0 Å². The normalized spacial score (nSPS) is 17.1. The van der Waals surface area contributed by atoms with Gasteiger partial charge in [-0.05, 0) is 36.6 Å². The van der Waals surface area contributed by atoms with Gasteiger partial charge in [-0.3, -0.25) is 4.98 Å². The molecule has 1 unspecified atom stereocenters. The maximum absolute atomic E-state index is 10.4. The molecule has 0 bridgehead atoms. The van der Waals surface area contributed by atoms with Crippen molar-refractivity contribution in [1.29, 1.82) is 0 Å². The van der Waals surface area contributed by atoms with Crippen molar-refractivity contribution in [1.82, 2.24) is 4.98 Å². The summed E-state index contributed by atoms with van der Waals surface area (Å²) in [7, 11) is 0. The van der Waals surface area contributed by atoms with Gasteiger partial charge in [0.25, 0.3) is 0 Å². The number of hydrogen-bond donors (Lipinski definition) is 1. The maximum atomic E-state index is 10.4. The van der Waals surface area contributed by atoms with Crippen LogP contribution in [0.1, 0.15) is 24.5 Å². The van der Waals surface area contributed by atoms with Crippen LogP contribution in [0.5, 0.6) is 0 Å². The molecule has 18 heavy (non-hydrogen) atoms. The standard InChI is InChI=1S/C15H15NO2/c17-15(14-7-3-4-10-18-14)12-8-9-16-13-6-2-1-5-11(12)13/h1-2,5-9,15,17H,3-4,10H2. The number of aliphatic hydroxyl groups is 1. The lowest BCUT2D eigenvalue weighted by molar-refractivity contribution is 0.0925. The van der Waals surface area contributed by atoms with Crippen LogP contribution in [0.25, 0.3) is 10.9 Å². The summed E-state index contributed by atoms with van der Waals surface area (Å²) in [5.41, 5.74) is 1.75. The Morgan fingerprint density at radius 1 is 1.22 bits per heavy atom. The van der Waals surface area contributed by atoms with Gasteiger partial charge in [0.05, 0.1) is 12.1 Å². The Bertz CT molecular complexity index is 587. The van der Waals surface area contributed by atoms with Crippen LogP contribution in [0.15, 0.2) is 48.4 Å². The quantitative estimate of drug-likeness (QED) is 0.879. The van der Waals surface area contributed by atoms with Crippen molar-refractivity contribution in [2.45, 2.75) is 18.9 Å². The van der Waals surface area contributed by atoms with Gasteiger partial charge in [0.1, 0.15) is 11.9 Å². The lowest BCUT2D eigenvalue weighted by Crippen LogP contribution is -2.10. The number of para-hydroxylation sites is 1. The second-order valence-corrected chi connectivity index (χ2v) is 4.42. The number of rotatable bonds is 2. The Hall–Kier alpha value is -1.87. The second kappa shape index (κ2) is 4.78. The van der Waals surface area contributed by atoms with Gasteiger partial charge >= 0.3 is 0 Å². The third-order valence-corrected chi connectivity index (χ3v) is 3.21.